The van der Waals surface area contributed by atoms with Crippen molar-refractivity contribution in [1.29, 1.82) is 0 Å². The average Bonchev–Trinajstić information content (AvgIpc) is 2.28. The van der Waals surface area contributed by atoms with Crippen LogP contribution in [0.25, 0.3) is 10.9 Å². The minimum atomic E-state index is 0.00366. The van der Waals surface area contributed by atoms with Crippen molar-refractivity contribution in [2.24, 2.45) is 0 Å². The van der Waals surface area contributed by atoms with Crippen LogP contribution in [-0.4, -0.2) is 4.57 Å². The Hall–Kier alpha value is -2.01. The fourth-order valence-electron chi connectivity index (χ4n) is 1.65. The summed E-state index contributed by atoms with van der Waals surface area (Å²) < 4.78 is 1.72. The van der Waals surface area contributed by atoms with Crippen molar-refractivity contribution in [1.82, 2.24) is 4.57 Å². The molecule has 0 bridgehead atoms. The molecule has 0 saturated carbocycles. The fraction of sp³-hybridized carbons (Fsp3) is 0.154. The van der Waals surface area contributed by atoms with E-state index in [9.17, 15) is 4.79 Å². The first-order valence-electron chi connectivity index (χ1n) is 4.85. The van der Waals surface area contributed by atoms with Gasteiger partial charge in [-0.3, -0.25) is 4.79 Å². The van der Waals surface area contributed by atoms with Crippen molar-refractivity contribution < 1.29 is 0 Å². The Labute approximate surface area is 88.2 Å². The second kappa shape index (κ2) is 4.02. The molecule has 0 N–H and O–H groups in total. The summed E-state index contributed by atoms with van der Waals surface area (Å²) in [6.45, 7) is 0.580. The number of rotatable bonds is 2. The Morgan fingerprint density at radius 2 is 2.00 bits per heavy atom. The van der Waals surface area contributed by atoms with Gasteiger partial charge in [0.05, 0.1) is 5.52 Å². The Balaban J connectivity index is 2.64. The number of hydrogen-bond donors (Lipinski definition) is 0. The molecule has 0 unspecified atom stereocenters. The normalized spacial score (nSPS) is 10.1. The van der Waals surface area contributed by atoms with E-state index in [4.69, 9.17) is 6.42 Å². The third kappa shape index (κ3) is 1.77. The van der Waals surface area contributed by atoms with Crippen molar-refractivity contribution in [3.8, 4) is 12.3 Å². The molecule has 1 heterocycles. The molecule has 0 saturated heterocycles. The van der Waals surface area contributed by atoms with Gasteiger partial charge in [-0.05, 0) is 17.5 Å². The molecule has 2 heteroatoms. The molecule has 0 aliphatic carbocycles. The van der Waals surface area contributed by atoms with Gasteiger partial charge in [0.1, 0.15) is 0 Å². The zero-order valence-corrected chi connectivity index (χ0v) is 8.31. The minimum absolute atomic E-state index is 0.00366. The zero-order valence-electron chi connectivity index (χ0n) is 8.31. The summed E-state index contributed by atoms with van der Waals surface area (Å²) in [6, 6.07) is 11.2. The predicted octanol–water partition coefficient (Wildman–Crippen LogP) is 2.02. The fourth-order valence-corrected chi connectivity index (χ4v) is 1.65. The summed E-state index contributed by atoms with van der Waals surface area (Å²) in [6.07, 6.45) is 5.78. The topological polar surface area (TPSA) is 22.0 Å². The van der Waals surface area contributed by atoms with Crippen LogP contribution in [0.5, 0.6) is 0 Å². The van der Waals surface area contributed by atoms with Crippen LogP contribution in [0.1, 0.15) is 6.42 Å². The van der Waals surface area contributed by atoms with Crippen LogP contribution < -0.4 is 5.56 Å². The summed E-state index contributed by atoms with van der Waals surface area (Å²) in [5, 5.41) is 1.06. The molecule has 0 amide bonds. The lowest BCUT2D eigenvalue weighted by atomic mass is 10.2. The number of nitrogens with zero attached hydrogens (tertiary/aromatic N) is 1. The van der Waals surface area contributed by atoms with Gasteiger partial charge in [0.2, 0.25) is 0 Å². The third-order valence-electron chi connectivity index (χ3n) is 2.38. The maximum Gasteiger partial charge on any atom is 0.251 e. The minimum Gasteiger partial charge on any atom is -0.307 e. The molecule has 2 nitrogen and oxygen atoms in total. The van der Waals surface area contributed by atoms with Gasteiger partial charge in [-0.15, -0.1) is 12.3 Å². The quantitative estimate of drug-likeness (QED) is 0.675. The van der Waals surface area contributed by atoms with Crippen LogP contribution in [0, 0.1) is 12.3 Å². The SMILES string of the molecule is C#CCCn1c(=O)ccc2ccccc21. The number of benzene rings is 1. The molecule has 0 spiro atoms. The van der Waals surface area contributed by atoms with Crippen molar-refractivity contribution in [2.75, 3.05) is 0 Å². The maximum atomic E-state index is 11.6. The van der Waals surface area contributed by atoms with E-state index in [0.717, 1.165) is 10.9 Å². The van der Waals surface area contributed by atoms with E-state index in [0.29, 0.717) is 13.0 Å². The summed E-state index contributed by atoms with van der Waals surface area (Å²) >= 11 is 0. The highest BCUT2D eigenvalue weighted by atomic mass is 16.1. The van der Waals surface area contributed by atoms with Crippen LogP contribution in [0.15, 0.2) is 41.2 Å². The van der Waals surface area contributed by atoms with Gasteiger partial charge < -0.3 is 4.57 Å². The van der Waals surface area contributed by atoms with Gasteiger partial charge >= 0.3 is 0 Å². The van der Waals surface area contributed by atoms with Crippen LogP contribution in [0.3, 0.4) is 0 Å². The molecule has 0 atom stereocenters. The van der Waals surface area contributed by atoms with Gasteiger partial charge in [0.15, 0.2) is 0 Å². The smallest absolute Gasteiger partial charge is 0.251 e. The molecular formula is C13H11NO. The number of para-hydroxylation sites is 1. The summed E-state index contributed by atoms with van der Waals surface area (Å²) in [5.74, 6) is 2.55. The first-order chi connectivity index (χ1) is 7.33. The second-order valence-corrected chi connectivity index (χ2v) is 3.34. The Kier molecular flexibility index (Phi) is 2.55. The maximum absolute atomic E-state index is 11.6. The van der Waals surface area contributed by atoms with E-state index >= 15 is 0 Å². The Morgan fingerprint density at radius 1 is 1.20 bits per heavy atom. The molecule has 1 aromatic heterocycles. The molecule has 15 heavy (non-hydrogen) atoms. The lowest BCUT2D eigenvalue weighted by Gasteiger charge is -2.07. The molecule has 0 aliphatic rings. The summed E-state index contributed by atoms with van der Waals surface area (Å²) in [5.41, 5.74) is 0.948. The third-order valence-corrected chi connectivity index (χ3v) is 2.38. The summed E-state index contributed by atoms with van der Waals surface area (Å²) in [4.78, 5) is 11.6. The molecule has 2 rings (SSSR count). The second-order valence-electron chi connectivity index (χ2n) is 3.34. The van der Waals surface area contributed by atoms with E-state index in [1.165, 1.54) is 0 Å². The van der Waals surface area contributed by atoms with Crippen molar-refractivity contribution in [3.05, 3.63) is 46.8 Å². The number of fused-ring (bicyclic) bond motifs is 1. The van der Waals surface area contributed by atoms with E-state index in [-0.39, 0.29) is 5.56 Å². The number of aryl methyl sites for hydroxylation is 1. The molecule has 74 valence electrons. The van der Waals surface area contributed by atoms with E-state index in [1.807, 2.05) is 30.3 Å². The first-order valence-corrected chi connectivity index (χ1v) is 4.85. The van der Waals surface area contributed by atoms with Gasteiger partial charge in [-0.2, -0.15) is 0 Å². The number of hydrogen-bond acceptors (Lipinski definition) is 1. The predicted molar refractivity (Wildman–Crippen MR) is 61.7 cm³/mol. The lowest BCUT2D eigenvalue weighted by Crippen LogP contribution is -2.18. The molecule has 2 aromatic rings. The molecule has 0 radical (unpaired) electrons. The lowest BCUT2D eigenvalue weighted by molar-refractivity contribution is 0.718. The number of terminal acetylenes is 1. The van der Waals surface area contributed by atoms with Gasteiger partial charge in [-0.25, -0.2) is 0 Å². The zero-order chi connectivity index (χ0) is 10.7. The van der Waals surface area contributed by atoms with E-state index in [1.54, 1.807) is 10.6 Å². The highest BCUT2D eigenvalue weighted by Gasteiger charge is 2.00. The standard InChI is InChI=1S/C13H11NO/c1-2-3-10-14-12-7-5-4-6-11(12)8-9-13(14)15/h1,4-9H,3,10H2. The highest BCUT2D eigenvalue weighted by Crippen LogP contribution is 2.10. The molecule has 0 aliphatic heterocycles. The highest BCUT2D eigenvalue weighted by molar-refractivity contribution is 5.78. The number of pyridine rings is 1. The summed E-state index contributed by atoms with van der Waals surface area (Å²) in [7, 11) is 0. The van der Waals surface area contributed by atoms with Crippen molar-refractivity contribution in [2.45, 2.75) is 13.0 Å². The Morgan fingerprint density at radius 3 is 2.80 bits per heavy atom. The average molecular weight is 197 g/mol. The molecule has 1 aromatic carbocycles. The Bertz CT molecular complexity index is 575. The van der Waals surface area contributed by atoms with Gasteiger partial charge in [0, 0.05) is 19.0 Å². The van der Waals surface area contributed by atoms with Crippen LogP contribution in [-0.2, 0) is 6.54 Å². The largest absolute Gasteiger partial charge is 0.307 e. The van der Waals surface area contributed by atoms with E-state index in [2.05, 4.69) is 5.92 Å². The van der Waals surface area contributed by atoms with Gasteiger partial charge in [0.25, 0.3) is 5.56 Å². The number of aromatic nitrogens is 1. The van der Waals surface area contributed by atoms with E-state index < -0.39 is 0 Å². The van der Waals surface area contributed by atoms with Crippen LogP contribution in [0.4, 0.5) is 0 Å². The monoisotopic (exact) mass is 197 g/mol. The molecule has 0 fully saturated rings. The van der Waals surface area contributed by atoms with Crippen molar-refractivity contribution in [3.63, 3.8) is 0 Å². The van der Waals surface area contributed by atoms with Crippen LogP contribution in [0.2, 0.25) is 0 Å². The van der Waals surface area contributed by atoms with Crippen LogP contribution >= 0.6 is 0 Å². The van der Waals surface area contributed by atoms with Gasteiger partial charge in [-0.1, -0.05) is 18.2 Å². The molecular weight excluding hydrogens is 186 g/mol. The van der Waals surface area contributed by atoms with Crippen molar-refractivity contribution >= 4 is 10.9 Å². The first kappa shape index (κ1) is 9.54.